The zero-order valence-corrected chi connectivity index (χ0v) is 5.35. The van der Waals surface area contributed by atoms with E-state index in [2.05, 4.69) is 23.7 Å². The van der Waals surface area contributed by atoms with Crippen molar-refractivity contribution in [1.82, 2.24) is 0 Å². The van der Waals surface area contributed by atoms with Gasteiger partial charge in [-0.05, 0) is 12.2 Å². The summed E-state index contributed by atoms with van der Waals surface area (Å²) in [6, 6.07) is 0. The smallest absolute Gasteiger partial charge is 0.160 e. The molecule has 0 atom stereocenters. The SMILES string of the molecule is Cl.NC(N)=S.[Cu]. The molecule has 5 heteroatoms. The summed E-state index contributed by atoms with van der Waals surface area (Å²) in [6.45, 7) is 0. The number of thiocarbonyl (C=S) groups is 1. The van der Waals surface area contributed by atoms with Gasteiger partial charge in [-0.25, -0.2) is 0 Å². The van der Waals surface area contributed by atoms with Gasteiger partial charge in [0, 0.05) is 17.1 Å². The Morgan fingerprint density at radius 1 is 1.33 bits per heavy atom. The molecule has 0 spiro atoms. The van der Waals surface area contributed by atoms with Crippen molar-refractivity contribution in [1.29, 1.82) is 0 Å². The first-order valence-corrected chi connectivity index (χ1v) is 1.19. The van der Waals surface area contributed by atoms with Gasteiger partial charge in [0.1, 0.15) is 0 Å². The average molecular weight is 176 g/mol. The van der Waals surface area contributed by atoms with E-state index < -0.39 is 0 Å². The minimum atomic E-state index is 0. The molecular formula is CH5ClCuN2S. The predicted octanol–water partition coefficient (Wildman–Crippen LogP) is -0.392. The summed E-state index contributed by atoms with van der Waals surface area (Å²) in [4.78, 5) is 0. The standard InChI is InChI=1S/CH4N2S.ClH.Cu/c2-1(3)4;;/h(H4,2,3,4);1H;. The van der Waals surface area contributed by atoms with Gasteiger partial charge in [0.05, 0.1) is 0 Å². The van der Waals surface area contributed by atoms with Crippen LogP contribution in [0.25, 0.3) is 0 Å². The summed E-state index contributed by atoms with van der Waals surface area (Å²) in [5.41, 5.74) is 9.24. The van der Waals surface area contributed by atoms with Crippen molar-refractivity contribution in [3.63, 3.8) is 0 Å². The molecule has 0 aromatic heterocycles. The molecule has 0 aromatic rings. The predicted molar refractivity (Wildman–Crippen MR) is 28.2 cm³/mol. The van der Waals surface area contributed by atoms with E-state index in [1.165, 1.54) is 0 Å². The van der Waals surface area contributed by atoms with Crippen molar-refractivity contribution in [2.24, 2.45) is 11.5 Å². The number of hydrogen-bond donors (Lipinski definition) is 2. The first kappa shape index (κ1) is 16.1. The Morgan fingerprint density at radius 3 is 1.33 bits per heavy atom. The van der Waals surface area contributed by atoms with Gasteiger partial charge in [-0.1, -0.05) is 0 Å². The maximum Gasteiger partial charge on any atom is 0.160 e. The molecule has 0 fully saturated rings. The second-order valence-electron chi connectivity index (χ2n) is 0.402. The maximum absolute atomic E-state index is 4.62. The molecule has 0 saturated heterocycles. The molecule has 0 unspecified atom stereocenters. The van der Waals surface area contributed by atoms with Crippen LogP contribution in [-0.2, 0) is 17.1 Å². The Labute approximate surface area is 58.5 Å². The number of hydrogen-bond acceptors (Lipinski definition) is 1. The normalized spacial score (nSPS) is 4.00. The van der Waals surface area contributed by atoms with E-state index in [0.29, 0.717) is 0 Å². The van der Waals surface area contributed by atoms with Crippen molar-refractivity contribution in [3.8, 4) is 0 Å². The first-order valence-electron chi connectivity index (χ1n) is 0.781. The molecule has 0 bridgehead atoms. The summed E-state index contributed by atoms with van der Waals surface area (Å²) < 4.78 is 0. The Hall–Kier alpha value is 0.499. The van der Waals surface area contributed by atoms with Gasteiger partial charge in [-0.2, -0.15) is 0 Å². The van der Waals surface area contributed by atoms with Crippen molar-refractivity contribution in [2.75, 3.05) is 0 Å². The van der Waals surface area contributed by atoms with Crippen LogP contribution in [-0.4, -0.2) is 5.11 Å². The van der Waals surface area contributed by atoms with Gasteiger partial charge < -0.3 is 11.5 Å². The van der Waals surface area contributed by atoms with Gasteiger partial charge in [-0.15, -0.1) is 12.4 Å². The van der Waals surface area contributed by atoms with Crippen LogP contribution in [0.4, 0.5) is 0 Å². The second-order valence-corrected chi connectivity index (χ2v) is 0.874. The van der Waals surface area contributed by atoms with Crippen molar-refractivity contribution in [2.45, 2.75) is 0 Å². The monoisotopic (exact) mass is 175 g/mol. The summed E-state index contributed by atoms with van der Waals surface area (Å²) >= 11 is 4.09. The summed E-state index contributed by atoms with van der Waals surface area (Å²) in [5.74, 6) is 0. The molecule has 0 rings (SSSR count). The van der Waals surface area contributed by atoms with Crippen molar-refractivity contribution in [3.05, 3.63) is 0 Å². The van der Waals surface area contributed by atoms with Crippen molar-refractivity contribution < 1.29 is 17.1 Å². The zero-order chi connectivity index (χ0) is 3.58. The molecule has 0 aromatic carbocycles. The maximum atomic E-state index is 4.62. The fraction of sp³-hybridized carbons (Fsp3) is 0. The summed E-state index contributed by atoms with van der Waals surface area (Å²) in [6.07, 6.45) is 0. The largest absolute Gasteiger partial charge is 0.377 e. The molecule has 43 valence electrons. The van der Waals surface area contributed by atoms with E-state index in [0.717, 1.165) is 0 Å². The third-order valence-corrected chi connectivity index (χ3v) is 0. The average Bonchev–Trinajstić information content (AvgIpc) is 0.811. The van der Waals surface area contributed by atoms with Crippen LogP contribution in [0.3, 0.4) is 0 Å². The number of rotatable bonds is 0. The minimum absolute atomic E-state index is 0. The third-order valence-electron chi connectivity index (χ3n) is 0. The molecule has 0 aliphatic heterocycles. The third kappa shape index (κ3) is 221. The molecule has 0 amide bonds. The molecule has 0 aliphatic rings. The van der Waals surface area contributed by atoms with Crippen LogP contribution >= 0.6 is 24.6 Å². The van der Waals surface area contributed by atoms with Gasteiger partial charge >= 0.3 is 0 Å². The van der Waals surface area contributed by atoms with E-state index in [1.54, 1.807) is 0 Å². The fourth-order valence-corrected chi connectivity index (χ4v) is 0. The molecule has 0 aliphatic carbocycles. The van der Waals surface area contributed by atoms with Crippen LogP contribution in [0.1, 0.15) is 0 Å². The Kier molecular flexibility index (Phi) is 24.3. The van der Waals surface area contributed by atoms with E-state index in [-0.39, 0.29) is 34.6 Å². The fourth-order valence-electron chi connectivity index (χ4n) is 0. The number of halogens is 1. The van der Waals surface area contributed by atoms with Crippen LogP contribution in [0.15, 0.2) is 0 Å². The quantitative estimate of drug-likeness (QED) is 0.390. The van der Waals surface area contributed by atoms with Crippen molar-refractivity contribution >= 4 is 29.7 Å². The van der Waals surface area contributed by atoms with E-state index >= 15 is 0 Å². The van der Waals surface area contributed by atoms with Crippen LogP contribution in [0.2, 0.25) is 0 Å². The summed E-state index contributed by atoms with van der Waals surface area (Å²) in [7, 11) is 0. The van der Waals surface area contributed by atoms with Crippen LogP contribution in [0.5, 0.6) is 0 Å². The van der Waals surface area contributed by atoms with Gasteiger partial charge in [0.2, 0.25) is 0 Å². The molecule has 1 radical (unpaired) electrons. The molecule has 4 N–H and O–H groups in total. The minimum Gasteiger partial charge on any atom is -0.377 e. The van der Waals surface area contributed by atoms with E-state index in [4.69, 9.17) is 0 Å². The van der Waals surface area contributed by atoms with Gasteiger partial charge in [-0.3, -0.25) is 0 Å². The van der Waals surface area contributed by atoms with E-state index in [9.17, 15) is 0 Å². The molecule has 2 nitrogen and oxygen atoms in total. The molecule has 0 heterocycles. The molecule has 6 heavy (non-hydrogen) atoms. The Bertz CT molecular complexity index is 36.5. The summed E-state index contributed by atoms with van der Waals surface area (Å²) in [5, 5.41) is 0.000000000000000222. The Morgan fingerprint density at radius 2 is 1.33 bits per heavy atom. The van der Waals surface area contributed by atoms with Crippen LogP contribution < -0.4 is 11.5 Å². The van der Waals surface area contributed by atoms with E-state index in [1.807, 2.05) is 0 Å². The second kappa shape index (κ2) is 9.09. The topological polar surface area (TPSA) is 52.0 Å². The van der Waals surface area contributed by atoms with Gasteiger partial charge in [0.15, 0.2) is 5.11 Å². The molecular weight excluding hydrogens is 171 g/mol. The first-order chi connectivity index (χ1) is 1.73. The number of nitrogens with two attached hydrogens (primary N) is 2. The van der Waals surface area contributed by atoms with Crippen LogP contribution in [0, 0.1) is 0 Å². The molecule has 0 saturated carbocycles. The Balaban J connectivity index is -0.0000000450. The van der Waals surface area contributed by atoms with Gasteiger partial charge in [0.25, 0.3) is 0 Å². The zero-order valence-electron chi connectivity index (χ0n) is 2.77.